The Morgan fingerprint density at radius 2 is 2.14 bits per heavy atom. The first kappa shape index (κ1) is 15.7. The molecular formula is C13H16FNO5S. The largest absolute Gasteiger partial charge is 0.508 e. The van der Waals surface area contributed by atoms with E-state index >= 15 is 0 Å². The highest BCUT2D eigenvalue weighted by atomic mass is 32.2. The van der Waals surface area contributed by atoms with Crippen molar-refractivity contribution in [3.05, 3.63) is 29.6 Å². The molecule has 1 unspecified atom stereocenters. The lowest BCUT2D eigenvalue weighted by Crippen LogP contribution is -2.39. The van der Waals surface area contributed by atoms with Crippen LogP contribution < -0.4 is 0 Å². The smallest absolute Gasteiger partial charge is 0.317 e. The number of rotatable bonds is 5. The third-order valence-corrected chi connectivity index (χ3v) is 5.23. The summed E-state index contributed by atoms with van der Waals surface area (Å²) in [5, 5.41) is 18.7. The van der Waals surface area contributed by atoms with Gasteiger partial charge in [0.1, 0.15) is 11.6 Å². The van der Waals surface area contributed by atoms with E-state index in [2.05, 4.69) is 0 Å². The molecule has 0 bridgehead atoms. The maximum atomic E-state index is 13.2. The number of carbonyl (C=O) groups is 1. The van der Waals surface area contributed by atoms with Gasteiger partial charge in [-0.05, 0) is 24.6 Å². The van der Waals surface area contributed by atoms with E-state index in [0.717, 1.165) is 12.1 Å². The van der Waals surface area contributed by atoms with Crippen LogP contribution in [0.25, 0.3) is 0 Å². The number of phenols is 1. The van der Waals surface area contributed by atoms with Gasteiger partial charge in [0.25, 0.3) is 0 Å². The van der Waals surface area contributed by atoms with Crippen LogP contribution in [0.3, 0.4) is 0 Å². The van der Waals surface area contributed by atoms with E-state index in [-0.39, 0.29) is 35.9 Å². The Morgan fingerprint density at radius 1 is 1.43 bits per heavy atom. The van der Waals surface area contributed by atoms with E-state index in [1.54, 1.807) is 0 Å². The molecule has 6 nitrogen and oxygen atoms in total. The first-order valence-corrected chi connectivity index (χ1v) is 8.22. The van der Waals surface area contributed by atoms with Crippen molar-refractivity contribution in [3.8, 4) is 5.75 Å². The highest BCUT2D eigenvalue weighted by Gasteiger charge is 2.33. The molecule has 1 aromatic rings. The SMILES string of the molecule is O=C(O)CN(Cc1cc(F)ccc1O)C1CCS(=O)(=O)C1. The summed E-state index contributed by atoms with van der Waals surface area (Å²) in [6.45, 7) is -0.383. The second-order valence-electron chi connectivity index (χ2n) is 5.13. The van der Waals surface area contributed by atoms with Crippen molar-refractivity contribution in [2.45, 2.75) is 19.0 Å². The molecule has 1 fully saturated rings. The Balaban J connectivity index is 2.20. The molecule has 8 heteroatoms. The van der Waals surface area contributed by atoms with Gasteiger partial charge in [-0.15, -0.1) is 0 Å². The molecule has 2 N–H and O–H groups in total. The first-order valence-electron chi connectivity index (χ1n) is 6.40. The van der Waals surface area contributed by atoms with Crippen LogP contribution in [-0.4, -0.2) is 53.6 Å². The van der Waals surface area contributed by atoms with Crippen molar-refractivity contribution >= 4 is 15.8 Å². The minimum Gasteiger partial charge on any atom is -0.508 e. The molecule has 0 aromatic heterocycles. The van der Waals surface area contributed by atoms with E-state index < -0.39 is 27.7 Å². The van der Waals surface area contributed by atoms with Gasteiger partial charge >= 0.3 is 5.97 Å². The Bertz CT molecular complexity index is 646. The van der Waals surface area contributed by atoms with Crippen LogP contribution in [0.4, 0.5) is 4.39 Å². The Kier molecular flexibility index (Phi) is 4.48. The number of nitrogens with zero attached hydrogens (tertiary/aromatic N) is 1. The van der Waals surface area contributed by atoms with Gasteiger partial charge in [-0.25, -0.2) is 12.8 Å². The van der Waals surface area contributed by atoms with Crippen molar-refractivity contribution < 1.29 is 27.8 Å². The molecule has 21 heavy (non-hydrogen) atoms. The summed E-state index contributed by atoms with van der Waals surface area (Å²) in [4.78, 5) is 12.4. The van der Waals surface area contributed by atoms with Crippen molar-refractivity contribution in [2.75, 3.05) is 18.1 Å². The van der Waals surface area contributed by atoms with Crippen molar-refractivity contribution in [1.29, 1.82) is 0 Å². The third kappa shape index (κ3) is 4.15. The molecule has 0 radical (unpaired) electrons. The van der Waals surface area contributed by atoms with E-state index in [0.29, 0.717) is 6.42 Å². The Hall–Kier alpha value is -1.67. The average Bonchev–Trinajstić information content (AvgIpc) is 2.73. The summed E-state index contributed by atoms with van der Waals surface area (Å²) in [5.74, 6) is -1.89. The maximum Gasteiger partial charge on any atom is 0.317 e. The molecule has 1 heterocycles. The topological polar surface area (TPSA) is 94.9 Å². The molecule has 1 saturated heterocycles. The van der Waals surface area contributed by atoms with Gasteiger partial charge in [0.05, 0.1) is 18.1 Å². The van der Waals surface area contributed by atoms with Crippen LogP contribution in [0.1, 0.15) is 12.0 Å². The molecule has 1 aliphatic heterocycles. The fourth-order valence-corrected chi connectivity index (χ4v) is 4.21. The van der Waals surface area contributed by atoms with E-state index in [4.69, 9.17) is 5.11 Å². The lowest BCUT2D eigenvalue weighted by molar-refractivity contribution is -0.139. The molecule has 2 rings (SSSR count). The molecule has 0 spiro atoms. The molecule has 116 valence electrons. The van der Waals surface area contributed by atoms with Gasteiger partial charge in [-0.1, -0.05) is 0 Å². The van der Waals surface area contributed by atoms with Gasteiger partial charge in [0, 0.05) is 18.2 Å². The van der Waals surface area contributed by atoms with Gasteiger partial charge in [0.2, 0.25) is 0 Å². The zero-order valence-electron chi connectivity index (χ0n) is 11.2. The van der Waals surface area contributed by atoms with Crippen LogP contribution in [0.15, 0.2) is 18.2 Å². The van der Waals surface area contributed by atoms with E-state index in [1.807, 2.05) is 0 Å². The molecule has 0 saturated carbocycles. The number of benzene rings is 1. The fourth-order valence-electron chi connectivity index (χ4n) is 2.45. The normalized spacial score (nSPS) is 20.8. The summed E-state index contributed by atoms with van der Waals surface area (Å²) >= 11 is 0. The van der Waals surface area contributed by atoms with Gasteiger partial charge in [-0.3, -0.25) is 9.69 Å². The summed E-state index contributed by atoms with van der Waals surface area (Å²) in [7, 11) is -3.16. The predicted molar refractivity (Wildman–Crippen MR) is 73.2 cm³/mol. The summed E-state index contributed by atoms with van der Waals surface area (Å²) in [6.07, 6.45) is 0.339. The average molecular weight is 317 g/mol. The number of sulfone groups is 1. The first-order chi connectivity index (χ1) is 9.77. The zero-order valence-corrected chi connectivity index (χ0v) is 12.0. The Morgan fingerprint density at radius 3 is 2.71 bits per heavy atom. The number of halogens is 1. The predicted octanol–water partition coefficient (Wildman–Crippen LogP) is 0.605. The molecule has 1 aliphatic rings. The second kappa shape index (κ2) is 5.98. The van der Waals surface area contributed by atoms with E-state index in [1.165, 1.54) is 11.0 Å². The number of aromatic hydroxyl groups is 1. The third-order valence-electron chi connectivity index (χ3n) is 3.48. The summed E-state index contributed by atoms with van der Waals surface area (Å²) < 4.78 is 36.3. The van der Waals surface area contributed by atoms with Crippen molar-refractivity contribution in [1.82, 2.24) is 4.90 Å². The van der Waals surface area contributed by atoms with Crippen LogP contribution in [-0.2, 0) is 21.2 Å². The van der Waals surface area contributed by atoms with Gasteiger partial charge < -0.3 is 10.2 Å². The number of hydrogen-bond donors (Lipinski definition) is 2. The number of phenolic OH excluding ortho intramolecular Hbond substituents is 1. The highest BCUT2D eigenvalue weighted by molar-refractivity contribution is 7.91. The minimum atomic E-state index is -3.16. The quantitative estimate of drug-likeness (QED) is 0.826. The molecular weight excluding hydrogens is 301 g/mol. The minimum absolute atomic E-state index is 0.0168. The lowest BCUT2D eigenvalue weighted by Gasteiger charge is -2.26. The molecule has 0 aliphatic carbocycles. The lowest BCUT2D eigenvalue weighted by atomic mass is 10.1. The fraction of sp³-hybridized carbons (Fsp3) is 0.462. The number of aliphatic carboxylic acids is 1. The van der Waals surface area contributed by atoms with E-state index in [9.17, 15) is 22.7 Å². The van der Waals surface area contributed by atoms with Crippen molar-refractivity contribution in [3.63, 3.8) is 0 Å². The Labute approximate surface area is 121 Å². The maximum absolute atomic E-state index is 13.2. The van der Waals surface area contributed by atoms with Crippen LogP contribution in [0.2, 0.25) is 0 Å². The van der Waals surface area contributed by atoms with Crippen LogP contribution in [0, 0.1) is 5.82 Å². The number of carboxylic acid groups (broad SMARTS) is 1. The highest BCUT2D eigenvalue weighted by Crippen LogP contribution is 2.24. The molecule has 1 aromatic carbocycles. The van der Waals surface area contributed by atoms with Crippen molar-refractivity contribution in [2.24, 2.45) is 0 Å². The molecule has 0 amide bonds. The summed E-state index contributed by atoms with van der Waals surface area (Å²) in [5.41, 5.74) is 0.237. The monoisotopic (exact) mass is 317 g/mol. The number of hydrogen-bond acceptors (Lipinski definition) is 5. The number of carboxylic acids is 1. The zero-order chi connectivity index (χ0) is 15.6. The van der Waals surface area contributed by atoms with Crippen LogP contribution >= 0.6 is 0 Å². The second-order valence-corrected chi connectivity index (χ2v) is 7.36. The van der Waals surface area contributed by atoms with Crippen LogP contribution in [0.5, 0.6) is 5.75 Å². The standard InChI is InChI=1S/C13H16FNO5S/c14-10-1-2-12(16)9(5-10)6-15(7-13(17)18)11-3-4-21(19,20)8-11/h1-2,5,11,16H,3-4,6-8H2,(H,17,18). The van der Waals surface area contributed by atoms with Gasteiger partial charge in [-0.2, -0.15) is 0 Å². The summed E-state index contributed by atoms with van der Waals surface area (Å²) in [6, 6.07) is 2.97. The van der Waals surface area contributed by atoms with Gasteiger partial charge in [0.15, 0.2) is 9.84 Å². The molecule has 1 atom stereocenters.